The highest BCUT2D eigenvalue weighted by molar-refractivity contribution is 14.1. The molecule has 0 aliphatic heterocycles. The molecular formula is C7H7F2IN2O. The molecule has 0 atom stereocenters. The highest BCUT2D eigenvalue weighted by Gasteiger charge is 2.09. The van der Waals surface area contributed by atoms with Crippen LogP contribution in [0.5, 0.6) is 5.75 Å². The van der Waals surface area contributed by atoms with E-state index in [9.17, 15) is 8.78 Å². The lowest BCUT2D eigenvalue weighted by atomic mass is 10.3. The SMILES string of the molecule is NNc1cccc(OC(F)F)c1I. The number of benzene rings is 1. The maximum Gasteiger partial charge on any atom is 0.387 e. The number of anilines is 1. The Morgan fingerprint density at radius 2 is 2.15 bits per heavy atom. The molecule has 0 heterocycles. The van der Waals surface area contributed by atoms with Crippen molar-refractivity contribution >= 4 is 28.3 Å². The van der Waals surface area contributed by atoms with E-state index >= 15 is 0 Å². The smallest absolute Gasteiger partial charge is 0.387 e. The molecule has 0 unspecified atom stereocenters. The molecule has 6 heteroatoms. The van der Waals surface area contributed by atoms with Gasteiger partial charge in [-0.2, -0.15) is 8.78 Å². The molecule has 13 heavy (non-hydrogen) atoms. The van der Waals surface area contributed by atoms with Crippen LogP contribution >= 0.6 is 22.6 Å². The molecule has 0 bridgehead atoms. The molecule has 1 aromatic rings. The van der Waals surface area contributed by atoms with Crippen LogP contribution in [0.4, 0.5) is 14.5 Å². The van der Waals surface area contributed by atoms with Crippen molar-refractivity contribution in [1.29, 1.82) is 0 Å². The molecule has 1 aromatic carbocycles. The van der Waals surface area contributed by atoms with Gasteiger partial charge in [-0.1, -0.05) is 6.07 Å². The number of nitrogen functional groups attached to an aromatic ring is 1. The summed E-state index contributed by atoms with van der Waals surface area (Å²) in [6.45, 7) is -2.82. The minimum Gasteiger partial charge on any atom is -0.434 e. The zero-order valence-corrected chi connectivity index (χ0v) is 8.59. The van der Waals surface area contributed by atoms with Gasteiger partial charge < -0.3 is 10.2 Å². The second kappa shape index (κ2) is 4.56. The minimum atomic E-state index is -2.82. The molecule has 0 amide bonds. The van der Waals surface area contributed by atoms with Gasteiger partial charge in [0, 0.05) is 0 Å². The molecular weight excluding hydrogens is 293 g/mol. The Balaban J connectivity index is 2.94. The average molecular weight is 300 g/mol. The van der Waals surface area contributed by atoms with Gasteiger partial charge >= 0.3 is 6.61 Å². The van der Waals surface area contributed by atoms with Crippen molar-refractivity contribution < 1.29 is 13.5 Å². The lowest BCUT2D eigenvalue weighted by molar-refractivity contribution is -0.0503. The highest BCUT2D eigenvalue weighted by Crippen LogP contribution is 2.28. The van der Waals surface area contributed by atoms with Crippen LogP contribution in [0, 0.1) is 3.57 Å². The summed E-state index contributed by atoms with van der Waals surface area (Å²) in [5.74, 6) is 5.27. The Morgan fingerprint density at radius 1 is 1.46 bits per heavy atom. The van der Waals surface area contributed by atoms with Crippen LogP contribution in [0.2, 0.25) is 0 Å². The second-order valence-electron chi connectivity index (χ2n) is 2.14. The molecule has 0 aliphatic carbocycles. The van der Waals surface area contributed by atoms with Crippen LogP contribution in [-0.2, 0) is 0 Å². The number of alkyl halides is 2. The van der Waals surface area contributed by atoms with E-state index in [0.29, 0.717) is 9.26 Å². The van der Waals surface area contributed by atoms with Crippen molar-refractivity contribution in [3.05, 3.63) is 21.8 Å². The van der Waals surface area contributed by atoms with Crippen LogP contribution in [0.25, 0.3) is 0 Å². The third-order valence-electron chi connectivity index (χ3n) is 1.33. The van der Waals surface area contributed by atoms with Crippen molar-refractivity contribution in [2.45, 2.75) is 6.61 Å². The topological polar surface area (TPSA) is 47.3 Å². The molecule has 3 N–H and O–H groups in total. The largest absolute Gasteiger partial charge is 0.434 e. The van der Waals surface area contributed by atoms with Gasteiger partial charge in [0.05, 0.1) is 9.26 Å². The molecule has 1 rings (SSSR count). The number of nitrogens with one attached hydrogen (secondary N) is 1. The zero-order chi connectivity index (χ0) is 9.84. The van der Waals surface area contributed by atoms with E-state index in [1.165, 1.54) is 6.07 Å². The number of hydrogen-bond acceptors (Lipinski definition) is 3. The van der Waals surface area contributed by atoms with Crippen molar-refractivity contribution in [1.82, 2.24) is 0 Å². The average Bonchev–Trinajstić information content (AvgIpc) is 2.08. The molecule has 0 spiro atoms. The van der Waals surface area contributed by atoms with Crippen LogP contribution in [0.15, 0.2) is 18.2 Å². The fraction of sp³-hybridized carbons (Fsp3) is 0.143. The predicted octanol–water partition coefficient (Wildman–Crippen LogP) is 2.18. The van der Waals surface area contributed by atoms with Gasteiger partial charge in [0.25, 0.3) is 0 Å². The molecule has 0 fully saturated rings. The van der Waals surface area contributed by atoms with Crippen LogP contribution in [0.3, 0.4) is 0 Å². The lowest BCUT2D eigenvalue weighted by Gasteiger charge is -2.09. The van der Waals surface area contributed by atoms with Gasteiger partial charge in [-0.15, -0.1) is 0 Å². The quantitative estimate of drug-likeness (QED) is 0.511. The summed E-state index contributed by atoms with van der Waals surface area (Å²) in [5, 5.41) is 0. The summed E-state index contributed by atoms with van der Waals surface area (Å²) < 4.78 is 28.5. The van der Waals surface area contributed by atoms with Gasteiger partial charge in [-0.3, -0.25) is 5.84 Å². The summed E-state index contributed by atoms with van der Waals surface area (Å²) in [6.07, 6.45) is 0. The molecule has 0 saturated carbocycles. The molecule has 3 nitrogen and oxygen atoms in total. The van der Waals surface area contributed by atoms with E-state index in [-0.39, 0.29) is 5.75 Å². The first-order valence-electron chi connectivity index (χ1n) is 3.35. The molecule has 72 valence electrons. The van der Waals surface area contributed by atoms with Gasteiger partial charge in [-0.05, 0) is 34.7 Å². The number of nitrogens with two attached hydrogens (primary N) is 1. The maximum atomic E-state index is 11.9. The summed E-state index contributed by atoms with van der Waals surface area (Å²) in [5.41, 5.74) is 2.93. The zero-order valence-electron chi connectivity index (χ0n) is 6.43. The number of rotatable bonds is 3. The number of hydrazine groups is 1. The maximum absolute atomic E-state index is 11.9. The van der Waals surface area contributed by atoms with Crippen LogP contribution < -0.4 is 16.0 Å². The standard InChI is InChI=1S/C7H7F2IN2O/c8-7(9)13-5-3-1-2-4(12-11)6(5)10/h1-3,7,12H,11H2. The molecule has 0 saturated heterocycles. The second-order valence-corrected chi connectivity index (χ2v) is 3.22. The van der Waals surface area contributed by atoms with Crippen molar-refractivity contribution in [2.24, 2.45) is 5.84 Å². The summed E-state index contributed by atoms with van der Waals surface area (Å²) in [7, 11) is 0. The van der Waals surface area contributed by atoms with E-state index in [1.807, 2.05) is 22.6 Å². The van der Waals surface area contributed by atoms with E-state index < -0.39 is 6.61 Å². The monoisotopic (exact) mass is 300 g/mol. The fourth-order valence-electron chi connectivity index (χ4n) is 0.809. The lowest BCUT2D eigenvalue weighted by Crippen LogP contribution is -2.10. The number of ether oxygens (including phenoxy) is 1. The van der Waals surface area contributed by atoms with Crippen molar-refractivity contribution in [2.75, 3.05) is 5.43 Å². The number of hydrogen-bond donors (Lipinski definition) is 2. The first kappa shape index (κ1) is 10.5. The third-order valence-corrected chi connectivity index (χ3v) is 2.45. The van der Waals surface area contributed by atoms with Gasteiger partial charge in [0.2, 0.25) is 0 Å². The third kappa shape index (κ3) is 2.66. The fourth-order valence-corrected chi connectivity index (χ4v) is 1.45. The van der Waals surface area contributed by atoms with Crippen LogP contribution in [-0.4, -0.2) is 6.61 Å². The number of halogens is 3. The van der Waals surface area contributed by atoms with Gasteiger partial charge in [0.15, 0.2) is 0 Å². The predicted molar refractivity (Wildman–Crippen MR) is 53.6 cm³/mol. The summed E-state index contributed by atoms with van der Waals surface area (Å²) >= 11 is 1.87. The van der Waals surface area contributed by atoms with E-state index in [2.05, 4.69) is 10.2 Å². The van der Waals surface area contributed by atoms with Crippen molar-refractivity contribution in [3.8, 4) is 5.75 Å². The Hall–Kier alpha value is -0.630. The van der Waals surface area contributed by atoms with E-state index in [4.69, 9.17) is 5.84 Å². The Kier molecular flexibility index (Phi) is 3.67. The first-order valence-corrected chi connectivity index (χ1v) is 4.43. The van der Waals surface area contributed by atoms with E-state index in [1.54, 1.807) is 12.1 Å². The summed E-state index contributed by atoms with van der Waals surface area (Å²) in [4.78, 5) is 0. The molecule has 0 aliphatic rings. The Labute approximate surface area is 87.4 Å². The normalized spacial score (nSPS) is 10.2. The Bertz CT molecular complexity index is 296. The van der Waals surface area contributed by atoms with E-state index in [0.717, 1.165) is 0 Å². The summed E-state index contributed by atoms with van der Waals surface area (Å²) in [6, 6.07) is 4.70. The highest BCUT2D eigenvalue weighted by atomic mass is 127. The van der Waals surface area contributed by atoms with Crippen LogP contribution in [0.1, 0.15) is 0 Å². The van der Waals surface area contributed by atoms with Crippen molar-refractivity contribution in [3.63, 3.8) is 0 Å². The Morgan fingerprint density at radius 3 is 2.69 bits per heavy atom. The molecule has 0 aromatic heterocycles. The molecule has 0 radical (unpaired) electrons. The minimum absolute atomic E-state index is 0.117. The van der Waals surface area contributed by atoms with Gasteiger partial charge in [0.1, 0.15) is 5.75 Å². The van der Waals surface area contributed by atoms with Gasteiger partial charge in [-0.25, -0.2) is 0 Å². The first-order chi connectivity index (χ1) is 6.15.